The van der Waals surface area contributed by atoms with Crippen molar-refractivity contribution in [2.45, 2.75) is 12.2 Å². The first kappa shape index (κ1) is 12.8. The van der Waals surface area contributed by atoms with E-state index in [9.17, 15) is 15.0 Å². The molecule has 18 heavy (non-hydrogen) atoms. The van der Waals surface area contributed by atoms with E-state index < -0.39 is 18.2 Å². The van der Waals surface area contributed by atoms with Gasteiger partial charge in [-0.15, -0.1) is 0 Å². The molecule has 0 saturated heterocycles. The summed E-state index contributed by atoms with van der Waals surface area (Å²) in [6.07, 6.45) is -0.160. The van der Waals surface area contributed by atoms with Crippen LogP contribution in [0.3, 0.4) is 0 Å². The lowest BCUT2D eigenvalue weighted by atomic mass is 10.0. The van der Waals surface area contributed by atoms with Crippen LogP contribution >= 0.6 is 11.6 Å². The highest BCUT2D eigenvalue weighted by Gasteiger charge is 2.29. The molecule has 0 radical (unpaired) electrons. The van der Waals surface area contributed by atoms with Gasteiger partial charge in [0.15, 0.2) is 6.10 Å². The molecule has 2 aromatic heterocycles. The number of carbonyl (C=O) groups excluding carboxylic acids is 1. The smallest absolute Gasteiger partial charge is 0.337 e. The van der Waals surface area contributed by atoms with Crippen molar-refractivity contribution >= 4 is 28.6 Å². The number of H-pyrrole nitrogens is 1. The van der Waals surface area contributed by atoms with Crippen molar-refractivity contribution in [2.24, 2.45) is 0 Å². The van der Waals surface area contributed by atoms with Crippen molar-refractivity contribution in [2.75, 3.05) is 7.11 Å². The average Bonchev–Trinajstić information content (AvgIpc) is 2.81. The van der Waals surface area contributed by atoms with Crippen molar-refractivity contribution < 1.29 is 19.7 Å². The van der Waals surface area contributed by atoms with E-state index in [-0.39, 0.29) is 0 Å². The highest BCUT2D eigenvalue weighted by Crippen LogP contribution is 2.30. The third kappa shape index (κ3) is 2.05. The molecule has 0 fully saturated rings. The zero-order chi connectivity index (χ0) is 13.3. The van der Waals surface area contributed by atoms with Crippen LogP contribution in [0.2, 0.25) is 5.02 Å². The highest BCUT2D eigenvalue weighted by molar-refractivity contribution is 6.35. The number of ether oxygens (including phenoxy) is 1. The first-order valence-corrected chi connectivity index (χ1v) is 5.49. The molecule has 6 nitrogen and oxygen atoms in total. The fraction of sp³-hybridized carbons (Fsp3) is 0.273. The molecule has 3 N–H and O–H groups in total. The molecule has 2 rings (SSSR count). The summed E-state index contributed by atoms with van der Waals surface area (Å²) >= 11 is 6.00. The quantitative estimate of drug-likeness (QED) is 0.717. The second-order valence-corrected chi connectivity index (χ2v) is 4.08. The maximum atomic E-state index is 11.2. The van der Waals surface area contributed by atoms with Gasteiger partial charge >= 0.3 is 5.97 Å². The monoisotopic (exact) mass is 270 g/mol. The Labute approximate surface area is 107 Å². The minimum absolute atomic E-state index is 0.293. The molecular formula is C11H11ClN2O4. The van der Waals surface area contributed by atoms with E-state index in [1.807, 2.05) is 0 Å². The van der Waals surface area contributed by atoms with Gasteiger partial charge in [0.2, 0.25) is 0 Å². The Bertz CT molecular complexity index is 583. The molecule has 2 atom stereocenters. The number of pyridine rings is 1. The third-order valence-corrected chi connectivity index (χ3v) is 2.93. The molecule has 2 unspecified atom stereocenters. The number of aliphatic hydroxyl groups excluding tert-OH is 2. The summed E-state index contributed by atoms with van der Waals surface area (Å²) in [5.74, 6) is -0.920. The number of aromatic amines is 1. The molecule has 0 bridgehead atoms. The number of carbonyl (C=O) groups is 1. The Morgan fingerprint density at radius 2 is 2.28 bits per heavy atom. The second-order valence-electron chi connectivity index (χ2n) is 3.67. The number of rotatable bonds is 3. The SMILES string of the molecule is COC(=O)C(O)C(O)c1c[nH]c2nccc(Cl)c12. The third-order valence-electron chi connectivity index (χ3n) is 2.61. The van der Waals surface area contributed by atoms with Gasteiger partial charge in [-0.05, 0) is 6.07 Å². The largest absolute Gasteiger partial charge is 0.467 e. The molecule has 0 spiro atoms. The van der Waals surface area contributed by atoms with Crippen molar-refractivity contribution in [3.05, 3.63) is 29.0 Å². The fourth-order valence-corrected chi connectivity index (χ4v) is 1.95. The number of nitrogens with zero attached hydrogens (tertiary/aromatic N) is 1. The van der Waals surface area contributed by atoms with Crippen LogP contribution in [0.4, 0.5) is 0 Å². The lowest BCUT2D eigenvalue weighted by Gasteiger charge is -2.15. The van der Waals surface area contributed by atoms with Gasteiger partial charge in [-0.1, -0.05) is 11.6 Å². The minimum Gasteiger partial charge on any atom is -0.467 e. The number of aliphatic hydroxyl groups is 2. The molecule has 2 heterocycles. The summed E-state index contributed by atoms with van der Waals surface area (Å²) in [5, 5.41) is 20.4. The van der Waals surface area contributed by atoms with E-state index in [0.717, 1.165) is 7.11 Å². The van der Waals surface area contributed by atoms with Crippen LogP contribution in [-0.4, -0.2) is 39.4 Å². The molecule has 0 aliphatic heterocycles. The standard InChI is InChI=1S/C11H11ClN2O4/c1-18-11(17)9(16)8(15)5-4-14-10-7(5)6(12)2-3-13-10/h2-4,8-9,15-16H,1H3,(H,13,14). The maximum absolute atomic E-state index is 11.2. The zero-order valence-corrected chi connectivity index (χ0v) is 10.2. The number of methoxy groups -OCH3 is 1. The van der Waals surface area contributed by atoms with Crippen molar-refractivity contribution in [1.82, 2.24) is 9.97 Å². The first-order chi connectivity index (χ1) is 8.56. The number of nitrogens with one attached hydrogen (secondary N) is 1. The lowest BCUT2D eigenvalue weighted by Crippen LogP contribution is -2.28. The van der Waals surface area contributed by atoms with E-state index in [1.54, 1.807) is 6.07 Å². The number of esters is 1. The lowest BCUT2D eigenvalue weighted by molar-refractivity contribution is -0.156. The van der Waals surface area contributed by atoms with Gasteiger partial charge < -0.3 is 19.9 Å². The summed E-state index contributed by atoms with van der Waals surface area (Å²) in [7, 11) is 1.13. The molecule has 0 saturated carbocycles. The summed E-state index contributed by atoms with van der Waals surface area (Å²) < 4.78 is 4.37. The highest BCUT2D eigenvalue weighted by atomic mass is 35.5. The number of fused-ring (bicyclic) bond motifs is 1. The Kier molecular flexibility index (Phi) is 3.51. The van der Waals surface area contributed by atoms with Gasteiger partial charge in [0.1, 0.15) is 11.8 Å². The summed E-state index contributed by atoms with van der Waals surface area (Å²) in [6, 6.07) is 1.55. The summed E-state index contributed by atoms with van der Waals surface area (Å²) in [6.45, 7) is 0. The van der Waals surface area contributed by atoms with E-state index in [1.165, 1.54) is 12.4 Å². The molecule has 0 aliphatic carbocycles. The van der Waals surface area contributed by atoms with Gasteiger partial charge in [0, 0.05) is 23.3 Å². The summed E-state index contributed by atoms with van der Waals surface area (Å²) in [4.78, 5) is 18.0. The number of halogens is 1. The van der Waals surface area contributed by atoms with Crippen LogP contribution in [0.25, 0.3) is 11.0 Å². The normalized spacial score (nSPS) is 14.4. The van der Waals surface area contributed by atoms with Gasteiger partial charge in [-0.3, -0.25) is 0 Å². The summed E-state index contributed by atoms with van der Waals surface area (Å²) in [5.41, 5.74) is 0.759. The molecule has 0 aromatic carbocycles. The van der Waals surface area contributed by atoms with Crippen molar-refractivity contribution in [3.63, 3.8) is 0 Å². The van der Waals surface area contributed by atoms with E-state index in [2.05, 4.69) is 14.7 Å². The first-order valence-electron chi connectivity index (χ1n) is 5.11. The van der Waals surface area contributed by atoms with Gasteiger partial charge in [0.05, 0.1) is 12.1 Å². The van der Waals surface area contributed by atoms with Crippen molar-refractivity contribution in [3.8, 4) is 0 Å². The molecule has 2 aromatic rings. The van der Waals surface area contributed by atoms with Crippen LogP contribution in [0.15, 0.2) is 18.5 Å². The van der Waals surface area contributed by atoms with Crippen LogP contribution in [-0.2, 0) is 9.53 Å². The molecular weight excluding hydrogens is 260 g/mol. The van der Waals surface area contributed by atoms with E-state index in [4.69, 9.17) is 11.6 Å². The number of hydrogen-bond donors (Lipinski definition) is 3. The molecule has 96 valence electrons. The molecule has 0 aliphatic rings. The minimum atomic E-state index is -1.68. The van der Waals surface area contributed by atoms with Crippen LogP contribution < -0.4 is 0 Å². The molecule has 7 heteroatoms. The maximum Gasteiger partial charge on any atom is 0.337 e. The Morgan fingerprint density at radius 3 is 2.94 bits per heavy atom. The average molecular weight is 271 g/mol. The predicted octanol–water partition coefficient (Wildman–Crippen LogP) is 0.784. The van der Waals surface area contributed by atoms with E-state index >= 15 is 0 Å². The van der Waals surface area contributed by atoms with Crippen molar-refractivity contribution in [1.29, 1.82) is 0 Å². The van der Waals surface area contributed by atoms with Crippen LogP contribution in [0.5, 0.6) is 0 Å². The Morgan fingerprint density at radius 1 is 1.56 bits per heavy atom. The zero-order valence-electron chi connectivity index (χ0n) is 9.42. The Hall–Kier alpha value is -1.63. The number of aromatic nitrogens is 2. The van der Waals surface area contributed by atoms with Gasteiger partial charge in [-0.2, -0.15) is 0 Å². The topological polar surface area (TPSA) is 95.4 Å². The van der Waals surface area contributed by atoms with Crippen LogP contribution in [0.1, 0.15) is 11.7 Å². The van der Waals surface area contributed by atoms with Gasteiger partial charge in [-0.25, -0.2) is 9.78 Å². The Balaban J connectivity index is 2.45. The fourth-order valence-electron chi connectivity index (χ4n) is 1.69. The van der Waals surface area contributed by atoms with Gasteiger partial charge in [0.25, 0.3) is 0 Å². The van der Waals surface area contributed by atoms with E-state index in [0.29, 0.717) is 21.6 Å². The predicted molar refractivity (Wildman–Crippen MR) is 64.1 cm³/mol. The molecule has 0 amide bonds. The number of hydrogen-bond acceptors (Lipinski definition) is 5. The second kappa shape index (κ2) is 4.93. The van der Waals surface area contributed by atoms with Crippen LogP contribution in [0, 0.1) is 0 Å².